The topological polar surface area (TPSA) is 82.2 Å². The van der Waals surface area contributed by atoms with Gasteiger partial charge in [-0.2, -0.15) is 0 Å². The number of halogens is 2. The summed E-state index contributed by atoms with van der Waals surface area (Å²) in [6.07, 6.45) is 5.06. The molecule has 8 nitrogen and oxygen atoms in total. The molecule has 1 fully saturated rings. The number of nitrogens with zero attached hydrogens (tertiary/aromatic N) is 6. The van der Waals surface area contributed by atoms with Crippen LogP contribution in [0.25, 0.3) is 27.8 Å². The van der Waals surface area contributed by atoms with Crippen molar-refractivity contribution in [2.75, 3.05) is 11.9 Å². The average molecular weight is 427 g/mol. The van der Waals surface area contributed by atoms with Crippen LogP contribution in [0.2, 0.25) is 0 Å². The molecule has 1 aliphatic rings. The number of anilines is 1. The summed E-state index contributed by atoms with van der Waals surface area (Å²) in [5.74, 6) is 1.08. The second-order valence-electron chi connectivity index (χ2n) is 7.76. The molecule has 162 valence electrons. The molecule has 0 atom stereocenters. The lowest BCUT2D eigenvalue weighted by molar-refractivity contribution is 0.00283. The van der Waals surface area contributed by atoms with Crippen LogP contribution in [0.4, 0.5) is 14.7 Å². The van der Waals surface area contributed by atoms with Crippen molar-refractivity contribution in [3.63, 3.8) is 0 Å². The van der Waals surface area contributed by atoms with Crippen LogP contribution >= 0.6 is 0 Å². The minimum absolute atomic E-state index is 0.314. The number of aromatic nitrogens is 6. The zero-order valence-electron chi connectivity index (χ0n) is 17.3. The lowest BCUT2D eigenvalue weighted by atomic mass is 9.89. The molecule has 1 N–H and O–H groups in total. The Kier molecular flexibility index (Phi) is 5.01. The zero-order valence-corrected chi connectivity index (χ0v) is 17.3. The van der Waals surface area contributed by atoms with Gasteiger partial charge in [0.1, 0.15) is 5.82 Å². The van der Waals surface area contributed by atoms with E-state index in [9.17, 15) is 8.78 Å². The summed E-state index contributed by atoms with van der Waals surface area (Å²) in [5, 5.41) is 7.90. The molecule has 4 heterocycles. The maximum absolute atomic E-state index is 13.0. The van der Waals surface area contributed by atoms with Gasteiger partial charge in [0.25, 0.3) is 6.43 Å². The van der Waals surface area contributed by atoms with E-state index in [1.54, 1.807) is 23.8 Å². The van der Waals surface area contributed by atoms with E-state index in [4.69, 9.17) is 4.74 Å². The molecule has 1 saturated carbocycles. The minimum Gasteiger partial charge on any atom is -0.378 e. The Morgan fingerprint density at radius 3 is 2.84 bits per heavy atom. The number of nitrogens with one attached hydrogen (secondary N) is 1. The van der Waals surface area contributed by atoms with Gasteiger partial charge in [0.05, 0.1) is 29.9 Å². The summed E-state index contributed by atoms with van der Waals surface area (Å²) in [7, 11) is 0. The van der Waals surface area contributed by atoms with E-state index in [1.165, 1.54) is 4.57 Å². The van der Waals surface area contributed by atoms with E-state index >= 15 is 0 Å². The molecular formula is C21H23F2N7O. The normalized spacial score (nSPS) is 18.7. The van der Waals surface area contributed by atoms with Crippen molar-refractivity contribution >= 4 is 22.6 Å². The Hall–Kier alpha value is -3.14. The fraction of sp³-hybridized carbons (Fsp3) is 0.429. The fourth-order valence-corrected chi connectivity index (χ4v) is 4.08. The number of fused-ring (bicyclic) bond motifs is 2. The van der Waals surface area contributed by atoms with Crippen molar-refractivity contribution in [3.8, 4) is 11.1 Å². The van der Waals surface area contributed by atoms with Crippen LogP contribution in [0.15, 0.2) is 30.7 Å². The second kappa shape index (κ2) is 7.84. The molecular weight excluding hydrogens is 404 g/mol. The predicted molar refractivity (Wildman–Crippen MR) is 112 cm³/mol. The van der Waals surface area contributed by atoms with Gasteiger partial charge in [-0.05, 0) is 38.8 Å². The van der Waals surface area contributed by atoms with Gasteiger partial charge >= 0.3 is 0 Å². The van der Waals surface area contributed by atoms with E-state index < -0.39 is 13.0 Å². The predicted octanol–water partition coefficient (Wildman–Crippen LogP) is 3.69. The van der Waals surface area contributed by atoms with Crippen molar-refractivity contribution in [3.05, 3.63) is 36.5 Å². The van der Waals surface area contributed by atoms with E-state index in [2.05, 4.69) is 25.4 Å². The summed E-state index contributed by atoms with van der Waals surface area (Å²) in [6, 6.07) is 4.08. The summed E-state index contributed by atoms with van der Waals surface area (Å²) in [4.78, 5) is 13.1. The number of rotatable bonds is 7. The molecule has 0 aromatic carbocycles. The summed E-state index contributed by atoms with van der Waals surface area (Å²) >= 11 is 0. The van der Waals surface area contributed by atoms with E-state index in [1.807, 2.05) is 25.3 Å². The maximum atomic E-state index is 13.0. The number of alkyl halides is 2. The van der Waals surface area contributed by atoms with Crippen molar-refractivity contribution in [2.45, 2.75) is 51.8 Å². The molecule has 4 aromatic rings. The third-order valence-electron chi connectivity index (χ3n) is 5.68. The van der Waals surface area contributed by atoms with Gasteiger partial charge in [-0.15, -0.1) is 5.10 Å². The molecule has 10 heteroatoms. The third-order valence-corrected chi connectivity index (χ3v) is 5.68. The van der Waals surface area contributed by atoms with Gasteiger partial charge in [-0.3, -0.25) is 0 Å². The van der Waals surface area contributed by atoms with Crippen LogP contribution in [-0.4, -0.2) is 54.3 Å². The van der Waals surface area contributed by atoms with Crippen molar-refractivity contribution in [1.29, 1.82) is 0 Å². The monoisotopic (exact) mass is 427 g/mol. The molecule has 5 rings (SSSR count). The molecule has 0 spiro atoms. The maximum Gasteiger partial charge on any atom is 0.256 e. The Bertz CT molecular complexity index is 1230. The Balaban J connectivity index is 1.42. The standard InChI is InChI=1S/C21H23F2N7O/c1-3-31-15-7-14(8-15)27-21-25-10-18-16(4-5-30(18)28-21)13-6-17-20(24-9-13)26-12(2)29(17)11-19(22)23/h4-6,9-10,14-15,19H,3,7-8,11H2,1-2H3,(H,27,28). The largest absolute Gasteiger partial charge is 0.378 e. The lowest BCUT2D eigenvalue weighted by Gasteiger charge is -2.35. The fourth-order valence-electron chi connectivity index (χ4n) is 4.08. The smallest absolute Gasteiger partial charge is 0.256 e. The molecule has 0 bridgehead atoms. The second-order valence-corrected chi connectivity index (χ2v) is 7.76. The highest BCUT2D eigenvalue weighted by molar-refractivity contribution is 5.85. The number of aryl methyl sites for hydroxylation is 1. The van der Waals surface area contributed by atoms with Crippen molar-refractivity contribution in [2.24, 2.45) is 0 Å². The van der Waals surface area contributed by atoms with Crippen molar-refractivity contribution < 1.29 is 13.5 Å². The van der Waals surface area contributed by atoms with E-state index in [0.29, 0.717) is 35.1 Å². The van der Waals surface area contributed by atoms with Gasteiger partial charge in [-0.1, -0.05) is 0 Å². The molecule has 0 unspecified atom stereocenters. The van der Waals surface area contributed by atoms with Gasteiger partial charge in [0.2, 0.25) is 5.95 Å². The number of pyridine rings is 1. The first-order chi connectivity index (χ1) is 15.0. The summed E-state index contributed by atoms with van der Waals surface area (Å²) in [6.45, 7) is 4.03. The van der Waals surface area contributed by atoms with Crippen LogP contribution in [-0.2, 0) is 11.3 Å². The lowest BCUT2D eigenvalue weighted by Crippen LogP contribution is -2.41. The van der Waals surface area contributed by atoms with Crippen LogP contribution in [0.3, 0.4) is 0 Å². The molecule has 0 amide bonds. The van der Waals surface area contributed by atoms with Crippen LogP contribution in [0, 0.1) is 6.92 Å². The number of ether oxygens (including phenoxy) is 1. The molecule has 4 aromatic heterocycles. The van der Waals surface area contributed by atoms with Gasteiger partial charge in [0.15, 0.2) is 5.65 Å². The van der Waals surface area contributed by atoms with Crippen LogP contribution < -0.4 is 5.32 Å². The summed E-state index contributed by atoms with van der Waals surface area (Å²) < 4.78 is 34.9. The Morgan fingerprint density at radius 2 is 2.06 bits per heavy atom. The minimum atomic E-state index is -2.46. The van der Waals surface area contributed by atoms with Crippen molar-refractivity contribution in [1.82, 2.24) is 29.1 Å². The van der Waals surface area contributed by atoms with E-state index in [0.717, 1.165) is 36.1 Å². The first-order valence-corrected chi connectivity index (χ1v) is 10.4. The van der Waals surface area contributed by atoms with Gasteiger partial charge in [0, 0.05) is 36.2 Å². The molecule has 31 heavy (non-hydrogen) atoms. The highest BCUT2D eigenvalue weighted by Gasteiger charge is 2.30. The molecule has 0 saturated heterocycles. The molecule has 1 aliphatic carbocycles. The highest BCUT2D eigenvalue weighted by Crippen LogP contribution is 2.29. The number of imidazole rings is 1. The number of hydrogen-bond acceptors (Lipinski definition) is 6. The summed E-state index contributed by atoms with van der Waals surface area (Å²) in [5.41, 5.74) is 3.53. The highest BCUT2D eigenvalue weighted by atomic mass is 19.3. The quantitative estimate of drug-likeness (QED) is 0.484. The van der Waals surface area contributed by atoms with Crippen LogP contribution in [0.1, 0.15) is 25.6 Å². The van der Waals surface area contributed by atoms with E-state index in [-0.39, 0.29) is 0 Å². The van der Waals surface area contributed by atoms with Gasteiger partial charge < -0.3 is 14.6 Å². The van der Waals surface area contributed by atoms with Crippen LogP contribution in [0.5, 0.6) is 0 Å². The SMILES string of the molecule is CCOC1CC(Nc2ncc3c(-c4cnc5nc(C)n(CC(F)F)c5c4)ccn3n2)C1. The molecule has 0 radical (unpaired) electrons. The Morgan fingerprint density at radius 1 is 1.23 bits per heavy atom. The van der Waals surface area contributed by atoms with Gasteiger partial charge in [-0.25, -0.2) is 28.2 Å². The third kappa shape index (κ3) is 3.71. The molecule has 0 aliphatic heterocycles. The first kappa shape index (κ1) is 19.8. The Labute approximate surface area is 177 Å². The zero-order chi connectivity index (χ0) is 21.5. The average Bonchev–Trinajstić information content (AvgIpc) is 3.26. The first-order valence-electron chi connectivity index (χ1n) is 10.4. The number of hydrogen-bond donors (Lipinski definition) is 1.